The molecule has 2 aromatic carbocycles. The maximum Gasteiger partial charge on any atom is 0.200 e. The minimum atomic E-state index is 0.266. The van der Waals surface area contributed by atoms with Gasteiger partial charge in [-0.25, -0.2) is 9.67 Å². The van der Waals surface area contributed by atoms with Gasteiger partial charge in [-0.2, -0.15) is 0 Å². The van der Waals surface area contributed by atoms with Crippen LogP contribution < -0.4 is 0 Å². The van der Waals surface area contributed by atoms with Gasteiger partial charge in [-0.05, 0) is 44.2 Å². The molecule has 2 aromatic heterocycles. The molecule has 0 N–H and O–H groups in total. The first kappa shape index (κ1) is 17.4. The SMILES string of the molecule is CCC(C)n1nc(-c2cc3ccccc3cn2)nc1-c1ccc(C)cc1C. The molecule has 0 radical (unpaired) electrons. The summed E-state index contributed by atoms with van der Waals surface area (Å²) >= 11 is 0. The summed E-state index contributed by atoms with van der Waals surface area (Å²) in [5.74, 6) is 1.59. The predicted octanol–water partition coefficient (Wildman–Crippen LogP) is 5.75. The third-order valence-corrected chi connectivity index (χ3v) is 5.12. The first-order chi connectivity index (χ1) is 13.1. The monoisotopic (exact) mass is 356 g/mol. The van der Waals surface area contributed by atoms with Gasteiger partial charge in [0.25, 0.3) is 0 Å². The molecule has 0 aliphatic carbocycles. The third kappa shape index (κ3) is 3.23. The number of fused-ring (bicyclic) bond motifs is 1. The van der Waals surface area contributed by atoms with E-state index in [2.05, 4.69) is 69.1 Å². The Morgan fingerprint density at radius 1 is 1.00 bits per heavy atom. The molecule has 27 heavy (non-hydrogen) atoms. The molecule has 1 atom stereocenters. The lowest BCUT2D eigenvalue weighted by atomic mass is 10.0. The molecular weight excluding hydrogens is 332 g/mol. The van der Waals surface area contributed by atoms with E-state index < -0.39 is 0 Å². The van der Waals surface area contributed by atoms with E-state index in [-0.39, 0.29) is 6.04 Å². The molecule has 0 amide bonds. The van der Waals surface area contributed by atoms with Gasteiger partial charge in [-0.1, -0.05) is 55.0 Å². The average molecular weight is 356 g/mol. The Morgan fingerprint density at radius 3 is 2.52 bits per heavy atom. The first-order valence-corrected chi connectivity index (χ1v) is 9.46. The van der Waals surface area contributed by atoms with Crippen LogP contribution in [-0.2, 0) is 0 Å². The molecule has 0 bridgehead atoms. The van der Waals surface area contributed by atoms with E-state index in [1.807, 2.05) is 23.0 Å². The number of pyridine rings is 1. The van der Waals surface area contributed by atoms with Crippen molar-refractivity contribution < 1.29 is 0 Å². The Bertz CT molecular complexity index is 1110. The number of hydrogen-bond donors (Lipinski definition) is 0. The Hall–Kier alpha value is -3.01. The van der Waals surface area contributed by atoms with Crippen molar-refractivity contribution in [2.45, 2.75) is 40.2 Å². The Balaban J connectivity index is 1.88. The summed E-state index contributed by atoms with van der Waals surface area (Å²) in [6.45, 7) is 8.60. The van der Waals surface area contributed by atoms with E-state index in [9.17, 15) is 0 Å². The maximum absolute atomic E-state index is 4.91. The molecule has 2 heterocycles. The van der Waals surface area contributed by atoms with Crippen molar-refractivity contribution >= 4 is 10.8 Å². The number of aromatic nitrogens is 4. The molecule has 4 aromatic rings. The maximum atomic E-state index is 4.91. The molecule has 0 fully saturated rings. The topological polar surface area (TPSA) is 43.6 Å². The van der Waals surface area contributed by atoms with Gasteiger partial charge in [0.2, 0.25) is 0 Å². The van der Waals surface area contributed by atoms with Crippen LogP contribution in [0.4, 0.5) is 0 Å². The van der Waals surface area contributed by atoms with Crippen LogP contribution in [0, 0.1) is 13.8 Å². The first-order valence-electron chi connectivity index (χ1n) is 9.46. The van der Waals surface area contributed by atoms with E-state index in [0.29, 0.717) is 5.82 Å². The van der Waals surface area contributed by atoms with Crippen molar-refractivity contribution in [2.24, 2.45) is 0 Å². The van der Waals surface area contributed by atoms with Gasteiger partial charge in [0, 0.05) is 17.1 Å². The van der Waals surface area contributed by atoms with Crippen molar-refractivity contribution in [1.82, 2.24) is 19.7 Å². The number of benzene rings is 2. The van der Waals surface area contributed by atoms with E-state index in [0.717, 1.165) is 34.3 Å². The summed E-state index contributed by atoms with van der Waals surface area (Å²) in [5, 5.41) is 7.11. The zero-order valence-corrected chi connectivity index (χ0v) is 16.3. The minimum Gasteiger partial charge on any atom is -0.252 e. The van der Waals surface area contributed by atoms with Gasteiger partial charge in [0.05, 0.1) is 6.04 Å². The van der Waals surface area contributed by atoms with Crippen LogP contribution in [0.5, 0.6) is 0 Å². The Morgan fingerprint density at radius 2 is 1.78 bits per heavy atom. The highest BCUT2D eigenvalue weighted by molar-refractivity contribution is 5.84. The number of aryl methyl sites for hydroxylation is 2. The second kappa shape index (κ2) is 6.95. The van der Waals surface area contributed by atoms with Crippen molar-refractivity contribution in [3.8, 4) is 22.9 Å². The van der Waals surface area contributed by atoms with Crippen molar-refractivity contribution in [1.29, 1.82) is 0 Å². The van der Waals surface area contributed by atoms with Crippen LogP contribution >= 0.6 is 0 Å². The van der Waals surface area contributed by atoms with Gasteiger partial charge in [0.15, 0.2) is 11.6 Å². The second-order valence-corrected chi connectivity index (χ2v) is 7.20. The smallest absolute Gasteiger partial charge is 0.200 e. The minimum absolute atomic E-state index is 0.266. The van der Waals surface area contributed by atoms with E-state index in [1.54, 1.807) is 0 Å². The van der Waals surface area contributed by atoms with Crippen LogP contribution in [-0.4, -0.2) is 19.7 Å². The van der Waals surface area contributed by atoms with Gasteiger partial charge in [0.1, 0.15) is 5.69 Å². The van der Waals surface area contributed by atoms with Crippen molar-refractivity contribution in [3.05, 3.63) is 65.9 Å². The van der Waals surface area contributed by atoms with E-state index in [1.165, 1.54) is 11.1 Å². The summed E-state index contributed by atoms with van der Waals surface area (Å²) in [7, 11) is 0. The lowest BCUT2D eigenvalue weighted by molar-refractivity contribution is 0.483. The lowest BCUT2D eigenvalue weighted by Crippen LogP contribution is -2.08. The molecule has 4 nitrogen and oxygen atoms in total. The Kier molecular flexibility index (Phi) is 4.48. The summed E-state index contributed by atoms with van der Waals surface area (Å²) in [6.07, 6.45) is 2.89. The molecule has 4 heteroatoms. The number of rotatable bonds is 4. The largest absolute Gasteiger partial charge is 0.252 e. The van der Waals surface area contributed by atoms with E-state index in [4.69, 9.17) is 10.1 Å². The zero-order valence-electron chi connectivity index (χ0n) is 16.3. The summed E-state index contributed by atoms with van der Waals surface area (Å²) in [4.78, 5) is 9.52. The molecule has 4 rings (SSSR count). The fraction of sp³-hybridized carbons (Fsp3) is 0.261. The molecule has 0 aliphatic rings. The standard InChI is InChI=1S/C23H24N4/c1-5-17(4)27-23(20-11-10-15(2)12-16(20)3)25-22(26-27)21-13-18-8-6-7-9-19(18)14-24-21/h6-14,17H,5H2,1-4H3. The number of nitrogens with zero attached hydrogens (tertiary/aromatic N) is 4. The highest BCUT2D eigenvalue weighted by atomic mass is 15.4. The van der Waals surface area contributed by atoms with Crippen molar-refractivity contribution in [2.75, 3.05) is 0 Å². The highest BCUT2D eigenvalue weighted by Gasteiger charge is 2.19. The van der Waals surface area contributed by atoms with Crippen molar-refractivity contribution in [3.63, 3.8) is 0 Å². The fourth-order valence-electron chi connectivity index (χ4n) is 3.37. The van der Waals surface area contributed by atoms with E-state index >= 15 is 0 Å². The normalized spacial score (nSPS) is 12.4. The van der Waals surface area contributed by atoms with Gasteiger partial charge < -0.3 is 0 Å². The molecule has 136 valence electrons. The lowest BCUT2D eigenvalue weighted by Gasteiger charge is -2.13. The molecule has 1 unspecified atom stereocenters. The van der Waals surface area contributed by atoms with Gasteiger partial charge >= 0.3 is 0 Å². The summed E-state index contributed by atoms with van der Waals surface area (Å²) in [6, 6.07) is 17.0. The highest BCUT2D eigenvalue weighted by Crippen LogP contribution is 2.29. The van der Waals surface area contributed by atoms with Crippen LogP contribution in [0.2, 0.25) is 0 Å². The molecule has 0 saturated carbocycles. The average Bonchev–Trinajstić information content (AvgIpc) is 3.12. The van der Waals surface area contributed by atoms with Gasteiger partial charge in [-0.3, -0.25) is 4.98 Å². The summed E-state index contributed by atoms with van der Waals surface area (Å²) in [5.41, 5.74) is 4.40. The predicted molar refractivity (Wildman–Crippen MR) is 111 cm³/mol. The molecule has 0 spiro atoms. The van der Waals surface area contributed by atoms with Gasteiger partial charge in [-0.15, -0.1) is 5.10 Å². The molecule has 0 saturated heterocycles. The second-order valence-electron chi connectivity index (χ2n) is 7.20. The molecule has 0 aliphatic heterocycles. The number of hydrogen-bond acceptors (Lipinski definition) is 3. The Labute approximate surface area is 159 Å². The quantitative estimate of drug-likeness (QED) is 0.468. The molecular formula is C23H24N4. The summed E-state index contributed by atoms with van der Waals surface area (Å²) < 4.78 is 2.05. The van der Waals surface area contributed by atoms with Crippen LogP contribution in [0.15, 0.2) is 54.7 Å². The van der Waals surface area contributed by atoms with Crippen LogP contribution in [0.3, 0.4) is 0 Å². The van der Waals surface area contributed by atoms with Crippen LogP contribution in [0.25, 0.3) is 33.7 Å². The van der Waals surface area contributed by atoms with Crippen LogP contribution in [0.1, 0.15) is 37.4 Å². The fourth-order valence-corrected chi connectivity index (χ4v) is 3.37. The zero-order chi connectivity index (χ0) is 19.0. The third-order valence-electron chi connectivity index (χ3n) is 5.12.